The Morgan fingerprint density at radius 3 is 2.30 bits per heavy atom. The molecule has 2 aromatic rings. The standard InChI is InChI=1S/C20H26N2O4S/c1-14(2)27(24,25)22-18-11-7-16(8-12-18)20(23)21-17-9-5-15(6-10-17)19-4-3-13-26-19/h3-6,9-10,13-14,16,18,22H,7-8,11-12H2,1-2H3,(H,21,23)/t16-,18-. The summed E-state index contributed by atoms with van der Waals surface area (Å²) < 4.78 is 32.1. The van der Waals surface area contributed by atoms with Gasteiger partial charge in [-0.15, -0.1) is 0 Å². The van der Waals surface area contributed by atoms with Gasteiger partial charge in [0, 0.05) is 23.2 Å². The molecular formula is C20H26N2O4S. The molecule has 27 heavy (non-hydrogen) atoms. The number of anilines is 1. The second kappa shape index (κ2) is 8.27. The van der Waals surface area contributed by atoms with Crippen LogP contribution in [0.2, 0.25) is 0 Å². The summed E-state index contributed by atoms with van der Waals surface area (Å²) in [5.74, 6) is 0.690. The molecule has 1 saturated carbocycles. The summed E-state index contributed by atoms with van der Waals surface area (Å²) >= 11 is 0. The molecule has 0 bridgehead atoms. The number of benzene rings is 1. The van der Waals surface area contributed by atoms with Crippen molar-refractivity contribution in [3.63, 3.8) is 0 Å². The molecule has 7 heteroatoms. The first-order valence-electron chi connectivity index (χ1n) is 9.31. The molecule has 0 unspecified atom stereocenters. The van der Waals surface area contributed by atoms with Gasteiger partial charge in [0.25, 0.3) is 0 Å². The fourth-order valence-electron chi connectivity index (χ4n) is 3.25. The van der Waals surface area contributed by atoms with E-state index in [4.69, 9.17) is 4.42 Å². The highest BCUT2D eigenvalue weighted by molar-refractivity contribution is 7.90. The van der Waals surface area contributed by atoms with Crippen molar-refractivity contribution in [3.05, 3.63) is 42.7 Å². The summed E-state index contributed by atoms with van der Waals surface area (Å²) in [5.41, 5.74) is 1.70. The predicted molar refractivity (Wildman–Crippen MR) is 106 cm³/mol. The summed E-state index contributed by atoms with van der Waals surface area (Å²) in [7, 11) is -3.27. The van der Waals surface area contributed by atoms with Crippen LogP contribution in [0.5, 0.6) is 0 Å². The van der Waals surface area contributed by atoms with Crippen molar-refractivity contribution in [1.29, 1.82) is 0 Å². The van der Waals surface area contributed by atoms with Crippen LogP contribution in [-0.4, -0.2) is 25.6 Å². The predicted octanol–water partition coefficient (Wildman–Crippen LogP) is 3.77. The normalized spacial score (nSPS) is 20.6. The van der Waals surface area contributed by atoms with Crippen molar-refractivity contribution < 1.29 is 17.6 Å². The first-order valence-corrected chi connectivity index (χ1v) is 10.9. The maximum Gasteiger partial charge on any atom is 0.227 e. The molecule has 2 N–H and O–H groups in total. The highest BCUT2D eigenvalue weighted by Gasteiger charge is 2.29. The molecule has 1 aromatic carbocycles. The molecule has 146 valence electrons. The van der Waals surface area contributed by atoms with Crippen LogP contribution >= 0.6 is 0 Å². The Kier molecular flexibility index (Phi) is 6.01. The Labute approximate surface area is 160 Å². The number of sulfonamides is 1. The molecule has 1 amide bonds. The lowest BCUT2D eigenvalue weighted by atomic mass is 9.86. The van der Waals surface area contributed by atoms with Gasteiger partial charge in [-0.1, -0.05) is 0 Å². The van der Waals surface area contributed by atoms with Crippen molar-refractivity contribution in [1.82, 2.24) is 4.72 Å². The van der Waals surface area contributed by atoms with E-state index in [0.29, 0.717) is 25.7 Å². The quantitative estimate of drug-likeness (QED) is 0.786. The molecule has 1 aromatic heterocycles. The second-order valence-corrected chi connectivity index (χ2v) is 9.57. The zero-order valence-corrected chi connectivity index (χ0v) is 16.5. The summed E-state index contributed by atoms with van der Waals surface area (Å²) in [5, 5.41) is 2.52. The second-order valence-electron chi connectivity index (χ2n) is 7.30. The van der Waals surface area contributed by atoms with E-state index in [1.807, 2.05) is 36.4 Å². The third-order valence-electron chi connectivity index (χ3n) is 5.01. The lowest BCUT2D eigenvalue weighted by Gasteiger charge is -2.28. The highest BCUT2D eigenvalue weighted by atomic mass is 32.2. The molecular weight excluding hydrogens is 364 g/mol. The van der Waals surface area contributed by atoms with Gasteiger partial charge in [0.1, 0.15) is 5.76 Å². The minimum Gasteiger partial charge on any atom is -0.464 e. The molecule has 1 fully saturated rings. The van der Waals surface area contributed by atoms with Crippen molar-refractivity contribution in [2.75, 3.05) is 5.32 Å². The van der Waals surface area contributed by atoms with Gasteiger partial charge >= 0.3 is 0 Å². The van der Waals surface area contributed by atoms with Gasteiger partial charge in [0.05, 0.1) is 11.5 Å². The average Bonchev–Trinajstić information content (AvgIpc) is 3.17. The molecule has 3 rings (SSSR count). The number of rotatable bonds is 6. The number of carbonyl (C=O) groups excluding carboxylic acids is 1. The molecule has 0 atom stereocenters. The molecule has 6 nitrogen and oxygen atoms in total. The summed E-state index contributed by atoms with van der Waals surface area (Å²) in [6.07, 6.45) is 4.36. The van der Waals surface area contributed by atoms with Gasteiger partial charge in [0.15, 0.2) is 0 Å². The van der Waals surface area contributed by atoms with Gasteiger partial charge in [-0.3, -0.25) is 4.79 Å². The Morgan fingerprint density at radius 1 is 1.07 bits per heavy atom. The lowest BCUT2D eigenvalue weighted by molar-refractivity contribution is -0.120. The SMILES string of the molecule is CC(C)S(=O)(=O)N[C@H]1CC[C@H](C(=O)Nc2ccc(-c3ccco3)cc2)CC1. The Bertz CT molecular complexity index is 850. The van der Waals surface area contributed by atoms with E-state index in [9.17, 15) is 13.2 Å². The van der Waals surface area contributed by atoms with Gasteiger partial charge in [-0.25, -0.2) is 13.1 Å². The molecule has 0 radical (unpaired) electrons. The number of furan rings is 1. The van der Waals surface area contributed by atoms with Crippen molar-refractivity contribution in [2.45, 2.75) is 50.8 Å². The lowest BCUT2D eigenvalue weighted by Crippen LogP contribution is -2.42. The number of amides is 1. The Hall–Kier alpha value is -2.12. The first kappa shape index (κ1) is 19.6. The van der Waals surface area contributed by atoms with E-state index >= 15 is 0 Å². The zero-order valence-electron chi connectivity index (χ0n) is 15.6. The van der Waals surface area contributed by atoms with Gasteiger partial charge < -0.3 is 9.73 Å². The van der Waals surface area contributed by atoms with Crippen LogP contribution in [0, 0.1) is 5.92 Å². The van der Waals surface area contributed by atoms with E-state index in [1.165, 1.54) is 0 Å². The van der Waals surface area contributed by atoms with E-state index in [0.717, 1.165) is 17.0 Å². The summed E-state index contributed by atoms with van der Waals surface area (Å²) in [6, 6.07) is 11.2. The fraction of sp³-hybridized carbons (Fsp3) is 0.450. The maximum absolute atomic E-state index is 12.5. The third kappa shape index (κ3) is 4.99. The Morgan fingerprint density at radius 2 is 1.74 bits per heavy atom. The Balaban J connectivity index is 1.51. The zero-order chi connectivity index (χ0) is 19.4. The molecule has 1 aliphatic rings. The summed E-state index contributed by atoms with van der Waals surface area (Å²) in [4.78, 5) is 12.5. The van der Waals surface area contributed by atoms with Crippen LogP contribution in [0.4, 0.5) is 5.69 Å². The minimum absolute atomic E-state index is 0.00841. The van der Waals surface area contributed by atoms with Crippen molar-refractivity contribution in [2.24, 2.45) is 5.92 Å². The molecule has 0 aliphatic heterocycles. The van der Waals surface area contributed by atoms with Crippen LogP contribution in [0.15, 0.2) is 47.1 Å². The van der Waals surface area contributed by atoms with Crippen LogP contribution in [-0.2, 0) is 14.8 Å². The van der Waals surface area contributed by atoms with E-state index in [-0.39, 0.29) is 17.9 Å². The molecule has 1 heterocycles. The van der Waals surface area contributed by atoms with Gasteiger partial charge in [0.2, 0.25) is 15.9 Å². The average molecular weight is 391 g/mol. The van der Waals surface area contributed by atoms with Crippen LogP contribution in [0.1, 0.15) is 39.5 Å². The van der Waals surface area contributed by atoms with Gasteiger partial charge in [-0.05, 0) is 75.9 Å². The summed E-state index contributed by atoms with van der Waals surface area (Å²) in [6.45, 7) is 3.33. The number of hydrogen-bond donors (Lipinski definition) is 2. The van der Waals surface area contributed by atoms with E-state index < -0.39 is 15.3 Å². The molecule has 0 saturated heterocycles. The number of carbonyl (C=O) groups is 1. The van der Waals surface area contributed by atoms with E-state index in [2.05, 4.69) is 10.0 Å². The topological polar surface area (TPSA) is 88.4 Å². The van der Waals surface area contributed by atoms with Crippen molar-refractivity contribution >= 4 is 21.6 Å². The highest BCUT2D eigenvalue weighted by Crippen LogP contribution is 2.27. The smallest absolute Gasteiger partial charge is 0.227 e. The number of hydrogen-bond acceptors (Lipinski definition) is 4. The molecule has 0 spiro atoms. The monoisotopic (exact) mass is 390 g/mol. The van der Waals surface area contributed by atoms with Crippen molar-refractivity contribution in [3.8, 4) is 11.3 Å². The van der Waals surface area contributed by atoms with E-state index in [1.54, 1.807) is 20.1 Å². The van der Waals surface area contributed by atoms with Crippen LogP contribution in [0.3, 0.4) is 0 Å². The maximum atomic E-state index is 12.5. The number of nitrogens with one attached hydrogen (secondary N) is 2. The fourth-order valence-corrected chi connectivity index (χ4v) is 4.22. The van der Waals surface area contributed by atoms with Crippen LogP contribution < -0.4 is 10.0 Å². The molecule has 1 aliphatic carbocycles. The van der Waals surface area contributed by atoms with Crippen LogP contribution in [0.25, 0.3) is 11.3 Å². The van der Waals surface area contributed by atoms with Gasteiger partial charge in [-0.2, -0.15) is 0 Å². The third-order valence-corrected chi connectivity index (χ3v) is 6.91. The first-order chi connectivity index (χ1) is 12.8. The largest absolute Gasteiger partial charge is 0.464 e. The minimum atomic E-state index is -3.27.